The highest BCUT2D eigenvalue weighted by molar-refractivity contribution is 6.04. The molecule has 0 fully saturated rings. The van der Waals surface area contributed by atoms with Gasteiger partial charge in [0.15, 0.2) is 11.6 Å². The number of nitrogens with one attached hydrogen (secondary N) is 1. The molecule has 1 amide bonds. The Balaban J connectivity index is 2.19. The lowest BCUT2D eigenvalue weighted by Gasteiger charge is -2.08. The lowest BCUT2D eigenvalue weighted by Crippen LogP contribution is -2.12. The summed E-state index contributed by atoms with van der Waals surface area (Å²) >= 11 is 0. The van der Waals surface area contributed by atoms with Gasteiger partial charge in [0.2, 0.25) is 0 Å². The first-order valence-corrected chi connectivity index (χ1v) is 5.96. The standard InChI is InChI=1S/C15H14FNO3/c1-9-7-10(3-5-13(9)18)15(19)17-11-4-6-14(20-2)12(16)8-11/h3-8,18H,1-2H3,(H,17,19). The number of benzene rings is 2. The van der Waals surface area contributed by atoms with Crippen molar-refractivity contribution in [1.82, 2.24) is 0 Å². The first-order valence-electron chi connectivity index (χ1n) is 5.96. The lowest BCUT2D eigenvalue weighted by atomic mass is 10.1. The second-order valence-electron chi connectivity index (χ2n) is 4.30. The van der Waals surface area contributed by atoms with Gasteiger partial charge in [-0.3, -0.25) is 4.79 Å². The highest BCUT2D eigenvalue weighted by atomic mass is 19.1. The van der Waals surface area contributed by atoms with E-state index in [9.17, 15) is 14.3 Å². The summed E-state index contributed by atoms with van der Waals surface area (Å²) in [6, 6.07) is 8.67. The first-order chi connectivity index (χ1) is 9.51. The van der Waals surface area contributed by atoms with Gasteiger partial charge in [-0.05, 0) is 42.8 Å². The molecule has 0 aliphatic carbocycles. The average molecular weight is 275 g/mol. The van der Waals surface area contributed by atoms with E-state index in [1.807, 2.05) is 0 Å². The van der Waals surface area contributed by atoms with E-state index >= 15 is 0 Å². The summed E-state index contributed by atoms with van der Waals surface area (Å²) in [5.74, 6) is -0.689. The number of amides is 1. The molecule has 0 saturated heterocycles. The maximum Gasteiger partial charge on any atom is 0.255 e. The molecule has 0 atom stereocenters. The number of ether oxygens (including phenoxy) is 1. The van der Waals surface area contributed by atoms with Crippen molar-refractivity contribution in [3.05, 3.63) is 53.3 Å². The number of hydrogen-bond acceptors (Lipinski definition) is 3. The molecule has 2 aromatic rings. The third-order valence-corrected chi connectivity index (χ3v) is 2.87. The Morgan fingerprint density at radius 1 is 1.25 bits per heavy atom. The number of phenols is 1. The number of carbonyl (C=O) groups is 1. The number of aromatic hydroxyl groups is 1. The minimum Gasteiger partial charge on any atom is -0.508 e. The second-order valence-corrected chi connectivity index (χ2v) is 4.30. The van der Waals surface area contributed by atoms with Crippen molar-refractivity contribution in [2.24, 2.45) is 0 Å². The van der Waals surface area contributed by atoms with Crippen LogP contribution >= 0.6 is 0 Å². The Morgan fingerprint density at radius 3 is 2.60 bits per heavy atom. The molecule has 2 aromatic carbocycles. The van der Waals surface area contributed by atoms with Crippen LogP contribution in [0.1, 0.15) is 15.9 Å². The normalized spacial score (nSPS) is 10.2. The number of halogens is 1. The quantitative estimate of drug-likeness (QED) is 0.905. The number of phenolic OH excluding ortho intramolecular Hbond substituents is 1. The molecule has 0 saturated carbocycles. The highest BCUT2D eigenvalue weighted by Crippen LogP contribution is 2.22. The van der Waals surface area contributed by atoms with Gasteiger partial charge in [0.25, 0.3) is 5.91 Å². The van der Waals surface area contributed by atoms with Gasteiger partial charge in [0.05, 0.1) is 7.11 Å². The van der Waals surface area contributed by atoms with Crippen molar-refractivity contribution < 1.29 is 19.0 Å². The molecule has 0 aliphatic rings. The molecular formula is C15H14FNO3. The molecule has 0 bridgehead atoms. The van der Waals surface area contributed by atoms with Gasteiger partial charge in [-0.2, -0.15) is 0 Å². The van der Waals surface area contributed by atoms with Crippen LogP contribution in [0.3, 0.4) is 0 Å². The van der Waals surface area contributed by atoms with E-state index in [1.165, 1.54) is 31.4 Å². The van der Waals surface area contributed by atoms with Crippen LogP contribution in [0.15, 0.2) is 36.4 Å². The van der Waals surface area contributed by atoms with Gasteiger partial charge in [0, 0.05) is 17.3 Å². The molecule has 0 aromatic heterocycles. The SMILES string of the molecule is COc1ccc(NC(=O)c2ccc(O)c(C)c2)cc1F. The zero-order valence-electron chi connectivity index (χ0n) is 11.1. The van der Waals surface area contributed by atoms with Crippen molar-refractivity contribution in [2.45, 2.75) is 6.92 Å². The summed E-state index contributed by atoms with van der Waals surface area (Å²) in [5, 5.41) is 12.0. The third kappa shape index (κ3) is 2.88. The van der Waals surface area contributed by atoms with Crippen LogP contribution in [0.25, 0.3) is 0 Å². The summed E-state index contributed by atoms with van der Waals surface area (Å²) in [5.41, 5.74) is 1.31. The topological polar surface area (TPSA) is 58.6 Å². The molecular weight excluding hydrogens is 261 g/mol. The third-order valence-electron chi connectivity index (χ3n) is 2.87. The van der Waals surface area contributed by atoms with E-state index in [-0.39, 0.29) is 17.4 Å². The monoisotopic (exact) mass is 275 g/mol. The summed E-state index contributed by atoms with van der Waals surface area (Å²) in [6.07, 6.45) is 0. The van der Waals surface area contributed by atoms with Crippen LogP contribution in [0.5, 0.6) is 11.5 Å². The minimum absolute atomic E-state index is 0.114. The molecule has 0 heterocycles. The Hall–Kier alpha value is -2.56. The Bertz CT molecular complexity index is 656. The van der Waals surface area contributed by atoms with Crippen LogP contribution in [0.2, 0.25) is 0 Å². The van der Waals surface area contributed by atoms with E-state index in [0.29, 0.717) is 16.8 Å². The molecule has 5 heteroatoms. The van der Waals surface area contributed by atoms with Crippen molar-refractivity contribution in [2.75, 3.05) is 12.4 Å². The molecule has 20 heavy (non-hydrogen) atoms. The van der Waals surface area contributed by atoms with Gasteiger partial charge < -0.3 is 15.2 Å². The Morgan fingerprint density at radius 2 is 2.00 bits per heavy atom. The number of hydrogen-bond donors (Lipinski definition) is 2. The zero-order chi connectivity index (χ0) is 14.7. The van der Waals surface area contributed by atoms with Gasteiger partial charge in [-0.25, -0.2) is 4.39 Å². The molecule has 4 nitrogen and oxygen atoms in total. The predicted octanol–water partition coefficient (Wildman–Crippen LogP) is 3.10. The molecule has 0 aliphatic heterocycles. The maximum absolute atomic E-state index is 13.5. The van der Waals surface area contributed by atoms with Crippen molar-refractivity contribution in [3.63, 3.8) is 0 Å². The first kappa shape index (κ1) is 13.9. The van der Waals surface area contributed by atoms with Crippen molar-refractivity contribution in [1.29, 1.82) is 0 Å². The highest BCUT2D eigenvalue weighted by Gasteiger charge is 2.10. The summed E-state index contributed by atoms with van der Waals surface area (Å²) in [7, 11) is 1.37. The number of anilines is 1. The largest absolute Gasteiger partial charge is 0.508 e. The van der Waals surface area contributed by atoms with Crippen LogP contribution in [0.4, 0.5) is 10.1 Å². The molecule has 0 radical (unpaired) electrons. The van der Waals surface area contributed by atoms with E-state index in [0.717, 1.165) is 0 Å². The molecule has 104 valence electrons. The summed E-state index contributed by atoms with van der Waals surface area (Å²) < 4.78 is 18.3. The zero-order valence-corrected chi connectivity index (χ0v) is 11.1. The van der Waals surface area contributed by atoms with Gasteiger partial charge in [-0.1, -0.05) is 0 Å². The fourth-order valence-electron chi connectivity index (χ4n) is 1.74. The fourth-order valence-corrected chi connectivity index (χ4v) is 1.74. The number of carbonyl (C=O) groups excluding carboxylic acids is 1. The van der Waals surface area contributed by atoms with Crippen LogP contribution in [-0.4, -0.2) is 18.1 Å². The van der Waals surface area contributed by atoms with E-state index < -0.39 is 5.82 Å². The van der Waals surface area contributed by atoms with Crippen LogP contribution in [0, 0.1) is 12.7 Å². The lowest BCUT2D eigenvalue weighted by molar-refractivity contribution is 0.102. The van der Waals surface area contributed by atoms with Gasteiger partial charge in [0.1, 0.15) is 5.75 Å². The Kier molecular flexibility index (Phi) is 3.89. The van der Waals surface area contributed by atoms with Crippen molar-refractivity contribution in [3.8, 4) is 11.5 Å². The Labute approximate surface area is 115 Å². The molecule has 0 unspecified atom stereocenters. The van der Waals surface area contributed by atoms with Crippen LogP contribution in [-0.2, 0) is 0 Å². The van der Waals surface area contributed by atoms with Gasteiger partial charge in [-0.15, -0.1) is 0 Å². The number of methoxy groups -OCH3 is 1. The molecule has 0 spiro atoms. The maximum atomic E-state index is 13.5. The summed E-state index contributed by atoms with van der Waals surface area (Å²) in [6.45, 7) is 1.69. The van der Waals surface area contributed by atoms with Gasteiger partial charge >= 0.3 is 0 Å². The fraction of sp³-hybridized carbons (Fsp3) is 0.133. The van der Waals surface area contributed by atoms with Crippen molar-refractivity contribution >= 4 is 11.6 Å². The van der Waals surface area contributed by atoms with Crippen LogP contribution < -0.4 is 10.1 Å². The van der Waals surface area contributed by atoms with E-state index in [1.54, 1.807) is 19.1 Å². The molecule has 2 N–H and O–H groups in total. The number of rotatable bonds is 3. The average Bonchev–Trinajstić information content (AvgIpc) is 2.42. The van der Waals surface area contributed by atoms with E-state index in [2.05, 4.69) is 5.32 Å². The number of aryl methyl sites for hydroxylation is 1. The van der Waals surface area contributed by atoms with E-state index in [4.69, 9.17) is 4.74 Å². The molecule has 2 rings (SSSR count). The smallest absolute Gasteiger partial charge is 0.255 e. The summed E-state index contributed by atoms with van der Waals surface area (Å²) in [4.78, 5) is 12.0. The minimum atomic E-state index is -0.549. The second kappa shape index (κ2) is 5.61. The predicted molar refractivity (Wildman–Crippen MR) is 73.7 cm³/mol.